The summed E-state index contributed by atoms with van der Waals surface area (Å²) in [6.07, 6.45) is 0. The average molecular weight is 221 g/mol. The zero-order valence-corrected chi connectivity index (χ0v) is 9.02. The summed E-state index contributed by atoms with van der Waals surface area (Å²) in [6.45, 7) is 0.896. The number of carboxylic acids is 1. The summed E-state index contributed by atoms with van der Waals surface area (Å²) in [6, 6.07) is 0. The topological polar surface area (TPSA) is 89.8 Å². The summed E-state index contributed by atoms with van der Waals surface area (Å²) in [4.78, 5) is 10.6. The fraction of sp³-hybridized carbons (Fsp3) is 0.889. The average Bonchev–Trinajstić information content (AvgIpc) is 2.14. The van der Waals surface area contributed by atoms with Gasteiger partial charge >= 0.3 is 0 Å². The molecule has 0 unspecified atom stereocenters. The number of quaternary nitrogens is 1. The molecule has 0 aliphatic rings. The van der Waals surface area contributed by atoms with E-state index in [9.17, 15) is 9.90 Å². The molecule has 0 rings (SSSR count). The molecule has 15 heavy (non-hydrogen) atoms. The first-order valence-corrected chi connectivity index (χ1v) is 4.86. The van der Waals surface area contributed by atoms with Crippen LogP contribution in [0.3, 0.4) is 0 Å². The Hall–Kier alpha value is -0.690. The van der Waals surface area contributed by atoms with Gasteiger partial charge in [0.25, 0.3) is 0 Å². The molecule has 0 aliphatic carbocycles. The lowest BCUT2D eigenvalue weighted by Crippen LogP contribution is -2.58. The Kier molecular flexibility index (Phi) is 7.23. The number of methoxy groups -OCH3 is 1. The Morgan fingerprint density at radius 1 is 1.27 bits per heavy atom. The van der Waals surface area contributed by atoms with E-state index in [1.165, 1.54) is 7.11 Å². The van der Waals surface area contributed by atoms with Crippen molar-refractivity contribution in [1.82, 2.24) is 0 Å². The van der Waals surface area contributed by atoms with E-state index in [0.717, 1.165) is 0 Å². The number of hydrogen-bond acceptors (Lipinski definition) is 5. The lowest BCUT2D eigenvalue weighted by Gasteiger charge is -2.37. The highest BCUT2D eigenvalue weighted by Gasteiger charge is 2.26. The predicted octanol–water partition coefficient (Wildman–Crippen LogP) is -2.82. The van der Waals surface area contributed by atoms with Gasteiger partial charge in [-0.1, -0.05) is 0 Å². The Bertz CT molecular complexity index is 179. The second-order valence-electron chi connectivity index (χ2n) is 3.48. The van der Waals surface area contributed by atoms with E-state index in [0.29, 0.717) is 13.2 Å². The fourth-order valence-corrected chi connectivity index (χ4v) is 1.56. The molecule has 0 saturated heterocycles. The second-order valence-corrected chi connectivity index (χ2v) is 3.48. The van der Waals surface area contributed by atoms with Gasteiger partial charge in [-0.2, -0.15) is 0 Å². The normalized spacial score (nSPS) is 11.7. The molecule has 0 aromatic rings. The number of carbonyl (C=O) groups is 1. The first-order valence-electron chi connectivity index (χ1n) is 4.86. The van der Waals surface area contributed by atoms with Crippen LogP contribution in [0.4, 0.5) is 0 Å². The van der Waals surface area contributed by atoms with Crippen LogP contribution in [0.15, 0.2) is 0 Å². The maximum absolute atomic E-state index is 10.6. The number of hydrogen-bond donors (Lipinski definition) is 2. The van der Waals surface area contributed by atoms with Crippen molar-refractivity contribution in [3.05, 3.63) is 0 Å². The summed E-state index contributed by atoms with van der Waals surface area (Å²) in [5.41, 5.74) is 0. The van der Waals surface area contributed by atoms with E-state index in [4.69, 9.17) is 14.9 Å². The minimum absolute atomic E-state index is 0.0865. The number of rotatable bonds is 9. The molecular weight excluding hydrogens is 202 g/mol. The minimum atomic E-state index is -1.19. The summed E-state index contributed by atoms with van der Waals surface area (Å²) >= 11 is 0. The maximum atomic E-state index is 10.6. The molecular formula is C9H19NO5. The summed E-state index contributed by atoms with van der Waals surface area (Å²) in [5, 5.41) is 28.4. The predicted molar refractivity (Wildman–Crippen MR) is 50.8 cm³/mol. The highest BCUT2D eigenvalue weighted by molar-refractivity contribution is 5.65. The molecule has 0 spiro atoms. The number of carboxylic acid groups (broad SMARTS) is 1. The van der Waals surface area contributed by atoms with Crippen molar-refractivity contribution in [2.45, 2.75) is 0 Å². The Morgan fingerprint density at radius 2 is 1.80 bits per heavy atom. The van der Waals surface area contributed by atoms with Crippen LogP contribution in [-0.2, 0) is 9.53 Å². The first-order chi connectivity index (χ1) is 7.10. The van der Waals surface area contributed by atoms with Crippen LogP contribution in [0.25, 0.3) is 0 Å². The molecule has 0 amide bonds. The molecule has 90 valence electrons. The molecule has 2 N–H and O–H groups in total. The second kappa shape index (κ2) is 7.58. The number of aliphatic hydroxyl groups excluding tert-OH is 2. The van der Waals surface area contributed by atoms with Crippen molar-refractivity contribution >= 4 is 5.97 Å². The van der Waals surface area contributed by atoms with E-state index in [1.54, 1.807) is 0 Å². The molecule has 0 heterocycles. The van der Waals surface area contributed by atoms with Crippen molar-refractivity contribution in [2.24, 2.45) is 0 Å². The third-order valence-corrected chi connectivity index (χ3v) is 2.38. The molecule has 0 bridgehead atoms. The summed E-state index contributed by atoms with van der Waals surface area (Å²) in [7, 11) is 1.52. The van der Waals surface area contributed by atoms with Gasteiger partial charge in [-0.25, -0.2) is 0 Å². The number of aliphatic carboxylic acids is 1. The van der Waals surface area contributed by atoms with Gasteiger partial charge in [-0.3, -0.25) is 0 Å². The van der Waals surface area contributed by atoms with Gasteiger partial charge in [0.15, 0.2) is 0 Å². The Morgan fingerprint density at radius 3 is 2.13 bits per heavy atom. The number of nitrogens with zero attached hydrogens (tertiary/aromatic N) is 1. The largest absolute Gasteiger partial charge is 0.544 e. The van der Waals surface area contributed by atoms with Crippen molar-refractivity contribution in [3.8, 4) is 0 Å². The van der Waals surface area contributed by atoms with Crippen LogP contribution in [0.2, 0.25) is 0 Å². The molecule has 6 nitrogen and oxygen atoms in total. The summed E-state index contributed by atoms with van der Waals surface area (Å²) in [5.74, 6) is -1.19. The van der Waals surface area contributed by atoms with Gasteiger partial charge in [-0.15, -0.1) is 0 Å². The monoisotopic (exact) mass is 221 g/mol. The highest BCUT2D eigenvalue weighted by Crippen LogP contribution is 2.05. The van der Waals surface area contributed by atoms with E-state index in [-0.39, 0.29) is 37.3 Å². The van der Waals surface area contributed by atoms with Gasteiger partial charge in [0, 0.05) is 7.11 Å². The standard InChI is InChI=1S/C9H19NO5/c1-15-7-4-10(2-5-11,3-6-12)8-9(13)14/h11-12H,2-8H2,1H3. The third kappa shape index (κ3) is 5.68. The van der Waals surface area contributed by atoms with Crippen LogP contribution in [0.1, 0.15) is 0 Å². The number of aliphatic hydroxyl groups is 2. The molecule has 0 aliphatic heterocycles. The van der Waals surface area contributed by atoms with Crippen molar-refractivity contribution < 1.29 is 29.3 Å². The van der Waals surface area contributed by atoms with Gasteiger partial charge in [0.2, 0.25) is 0 Å². The zero-order valence-electron chi connectivity index (χ0n) is 9.02. The molecule has 0 fully saturated rings. The molecule has 0 saturated carbocycles. The Balaban J connectivity index is 4.47. The van der Waals surface area contributed by atoms with Crippen LogP contribution >= 0.6 is 0 Å². The van der Waals surface area contributed by atoms with Crippen LogP contribution in [0, 0.1) is 0 Å². The lowest BCUT2D eigenvalue weighted by molar-refractivity contribution is -0.923. The Labute approximate surface area is 89.3 Å². The molecule has 0 aromatic heterocycles. The molecule has 0 aromatic carbocycles. The van der Waals surface area contributed by atoms with Gasteiger partial charge in [0.1, 0.15) is 26.2 Å². The SMILES string of the molecule is COCC[N+](CCO)(CCO)CC(=O)[O-]. The van der Waals surface area contributed by atoms with E-state index >= 15 is 0 Å². The lowest BCUT2D eigenvalue weighted by atomic mass is 10.3. The zero-order chi connectivity index (χ0) is 11.7. The quantitative estimate of drug-likeness (QED) is 0.410. The first kappa shape index (κ1) is 14.3. The number of carbonyl (C=O) groups excluding carboxylic acids is 1. The molecule has 0 atom stereocenters. The number of ether oxygens (including phenoxy) is 1. The highest BCUT2D eigenvalue weighted by atomic mass is 16.5. The van der Waals surface area contributed by atoms with E-state index in [2.05, 4.69) is 0 Å². The minimum Gasteiger partial charge on any atom is -0.544 e. The summed E-state index contributed by atoms with van der Waals surface area (Å²) < 4.78 is 4.97. The maximum Gasteiger partial charge on any atom is 0.119 e. The van der Waals surface area contributed by atoms with E-state index < -0.39 is 5.97 Å². The van der Waals surface area contributed by atoms with Gasteiger partial charge in [-0.05, 0) is 0 Å². The van der Waals surface area contributed by atoms with Crippen LogP contribution < -0.4 is 5.11 Å². The molecule has 0 radical (unpaired) electrons. The van der Waals surface area contributed by atoms with E-state index in [1.807, 2.05) is 0 Å². The van der Waals surface area contributed by atoms with Crippen molar-refractivity contribution in [1.29, 1.82) is 0 Å². The van der Waals surface area contributed by atoms with Gasteiger partial charge < -0.3 is 29.3 Å². The smallest absolute Gasteiger partial charge is 0.119 e. The van der Waals surface area contributed by atoms with Crippen LogP contribution in [0.5, 0.6) is 0 Å². The third-order valence-electron chi connectivity index (χ3n) is 2.38. The van der Waals surface area contributed by atoms with Crippen molar-refractivity contribution in [3.63, 3.8) is 0 Å². The molecule has 6 heteroatoms. The van der Waals surface area contributed by atoms with Gasteiger partial charge in [0.05, 0.1) is 25.8 Å². The van der Waals surface area contributed by atoms with Crippen LogP contribution in [-0.4, -0.2) is 73.8 Å². The van der Waals surface area contributed by atoms with Crippen molar-refractivity contribution in [2.75, 3.05) is 53.1 Å². The fourth-order valence-electron chi connectivity index (χ4n) is 1.56.